The largest absolute Gasteiger partial charge is 0.393 e. The Labute approximate surface area is 160 Å². The number of hydrogen-bond donors (Lipinski definition) is 1. The predicted octanol–water partition coefficient (Wildman–Crippen LogP) is 1.25. The molecule has 0 amide bonds. The third kappa shape index (κ3) is 4.11. The highest BCUT2D eigenvalue weighted by molar-refractivity contribution is 5.39. The Morgan fingerprint density at radius 3 is 2.70 bits per heavy atom. The number of aryl methyl sites for hydroxylation is 1. The van der Waals surface area contributed by atoms with Gasteiger partial charge in [0.15, 0.2) is 0 Å². The summed E-state index contributed by atoms with van der Waals surface area (Å²) >= 11 is 0. The maximum atomic E-state index is 9.68. The van der Waals surface area contributed by atoms with E-state index in [0.29, 0.717) is 5.92 Å². The van der Waals surface area contributed by atoms with Gasteiger partial charge in [-0.3, -0.25) is 4.90 Å². The van der Waals surface area contributed by atoms with Crippen molar-refractivity contribution in [2.24, 2.45) is 7.05 Å². The molecule has 0 radical (unpaired) electrons. The molecule has 0 saturated carbocycles. The van der Waals surface area contributed by atoms with Crippen LogP contribution in [0.2, 0.25) is 0 Å². The fourth-order valence-electron chi connectivity index (χ4n) is 4.16. The number of piperidine rings is 2. The van der Waals surface area contributed by atoms with Gasteiger partial charge in [0.25, 0.3) is 0 Å². The Bertz CT molecular complexity index is 769. The highest BCUT2D eigenvalue weighted by atomic mass is 16.3. The minimum absolute atomic E-state index is 0.144. The zero-order valence-corrected chi connectivity index (χ0v) is 16.3. The first-order chi connectivity index (χ1) is 13.1. The van der Waals surface area contributed by atoms with Crippen LogP contribution >= 0.6 is 0 Å². The van der Waals surface area contributed by atoms with Crippen molar-refractivity contribution in [3.05, 3.63) is 29.7 Å². The number of rotatable bonds is 4. The smallest absolute Gasteiger partial charge is 0.146 e. The molecule has 4 rings (SSSR count). The molecule has 1 unspecified atom stereocenters. The average Bonchev–Trinajstić information content (AvgIpc) is 3.04. The van der Waals surface area contributed by atoms with Gasteiger partial charge in [-0.1, -0.05) is 0 Å². The van der Waals surface area contributed by atoms with Crippen molar-refractivity contribution in [1.29, 1.82) is 0 Å². The van der Waals surface area contributed by atoms with Gasteiger partial charge in [0.2, 0.25) is 0 Å². The molecule has 2 aliphatic rings. The van der Waals surface area contributed by atoms with Crippen LogP contribution in [0, 0.1) is 6.92 Å². The molecule has 0 aliphatic carbocycles. The molecular weight excluding hydrogens is 342 g/mol. The number of likely N-dealkylation sites (tertiary alicyclic amines) is 1. The minimum Gasteiger partial charge on any atom is -0.393 e. The highest BCUT2D eigenvalue weighted by Crippen LogP contribution is 2.28. The predicted molar refractivity (Wildman–Crippen MR) is 102 cm³/mol. The molecule has 8 nitrogen and oxygen atoms in total. The Morgan fingerprint density at radius 2 is 1.93 bits per heavy atom. The SMILES string of the molecule is Cc1cc(N2CCCC(c3nnc(CN4CCC(O)CC4)n3C)C2)ncn1. The monoisotopic (exact) mass is 371 g/mol. The van der Waals surface area contributed by atoms with Crippen LogP contribution < -0.4 is 4.90 Å². The quantitative estimate of drug-likeness (QED) is 0.866. The maximum Gasteiger partial charge on any atom is 0.146 e. The molecule has 0 aromatic carbocycles. The van der Waals surface area contributed by atoms with E-state index in [1.165, 1.54) is 0 Å². The molecule has 2 saturated heterocycles. The number of nitrogens with zero attached hydrogens (tertiary/aromatic N) is 7. The van der Waals surface area contributed by atoms with Crippen molar-refractivity contribution in [3.63, 3.8) is 0 Å². The molecule has 2 aromatic heterocycles. The molecule has 0 spiro atoms. The van der Waals surface area contributed by atoms with Gasteiger partial charge in [-0.05, 0) is 32.6 Å². The van der Waals surface area contributed by atoms with Crippen molar-refractivity contribution in [2.75, 3.05) is 31.1 Å². The summed E-state index contributed by atoms with van der Waals surface area (Å²) in [6, 6.07) is 2.05. The zero-order chi connectivity index (χ0) is 18.8. The van der Waals surface area contributed by atoms with E-state index >= 15 is 0 Å². The van der Waals surface area contributed by atoms with E-state index in [2.05, 4.69) is 47.6 Å². The van der Waals surface area contributed by atoms with Crippen LogP contribution in [0.25, 0.3) is 0 Å². The first kappa shape index (κ1) is 18.3. The fraction of sp³-hybridized carbons (Fsp3) is 0.684. The standard InChI is InChI=1S/C19H29N7O/c1-14-10-17(21-13-20-14)26-7-3-4-15(11-26)19-23-22-18(24(19)2)12-25-8-5-16(27)6-9-25/h10,13,15-16,27H,3-9,11-12H2,1-2H3. The molecule has 146 valence electrons. The van der Waals surface area contributed by atoms with Crippen molar-refractivity contribution < 1.29 is 5.11 Å². The number of hydrogen-bond acceptors (Lipinski definition) is 7. The highest BCUT2D eigenvalue weighted by Gasteiger charge is 2.27. The van der Waals surface area contributed by atoms with Gasteiger partial charge in [0.1, 0.15) is 23.8 Å². The van der Waals surface area contributed by atoms with Crippen LogP contribution in [0.1, 0.15) is 48.9 Å². The van der Waals surface area contributed by atoms with Crippen LogP contribution in [-0.4, -0.2) is 67.0 Å². The summed E-state index contributed by atoms with van der Waals surface area (Å²) < 4.78 is 2.17. The molecule has 0 bridgehead atoms. The first-order valence-electron chi connectivity index (χ1n) is 9.92. The first-order valence-corrected chi connectivity index (χ1v) is 9.92. The van der Waals surface area contributed by atoms with Crippen molar-refractivity contribution in [2.45, 2.75) is 51.2 Å². The Kier molecular flexibility index (Phi) is 5.36. The summed E-state index contributed by atoms with van der Waals surface area (Å²) in [6.45, 7) is 6.59. The number of aliphatic hydroxyl groups is 1. The summed E-state index contributed by atoms with van der Waals surface area (Å²) in [5.74, 6) is 3.44. The molecule has 4 heterocycles. The van der Waals surface area contributed by atoms with E-state index in [1.54, 1.807) is 6.33 Å². The second-order valence-corrected chi connectivity index (χ2v) is 7.84. The van der Waals surface area contributed by atoms with Crippen LogP contribution in [0.4, 0.5) is 5.82 Å². The van der Waals surface area contributed by atoms with Gasteiger partial charge in [-0.2, -0.15) is 0 Å². The zero-order valence-electron chi connectivity index (χ0n) is 16.3. The lowest BCUT2D eigenvalue weighted by atomic mass is 9.97. The molecule has 1 N–H and O–H groups in total. The lowest BCUT2D eigenvalue weighted by Gasteiger charge is -2.33. The van der Waals surface area contributed by atoms with Crippen LogP contribution in [0.15, 0.2) is 12.4 Å². The van der Waals surface area contributed by atoms with Crippen LogP contribution in [0.3, 0.4) is 0 Å². The van der Waals surface area contributed by atoms with Gasteiger partial charge < -0.3 is 14.6 Å². The third-order valence-electron chi connectivity index (χ3n) is 5.82. The van der Waals surface area contributed by atoms with Crippen molar-refractivity contribution in [3.8, 4) is 0 Å². The molecule has 2 aliphatic heterocycles. The fourth-order valence-corrected chi connectivity index (χ4v) is 4.16. The van der Waals surface area contributed by atoms with Gasteiger partial charge in [0.05, 0.1) is 12.6 Å². The van der Waals surface area contributed by atoms with E-state index in [1.807, 2.05) is 6.92 Å². The van der Waals surface area contributed by atoms with Gasteiger partial charge in [-0.25, -0.2) is 9.97 Å². The topological polar surface area (TPSA) is 83.2 Å². The van der Waals surface area contributed by atoms with E-state index in [9.17, 15) is 5.11 Å². The normalized spacial score (nSPS) is 22.3. The Morgan fingerprint density at radius 1 is 1.11 bits per heavy atom. The molecule has 2 fully saturated rings. The van der Waals surface area contributed by atoms with Crippen LogP contribution in [-0.2, 0) is 13.6 Å². The number of aromatic nitrogens is 5. The summed E-state index contributed by atoms with van der Waals surface area (Å²) in [7, 11) is 2.08. The maximum absolute atomic E-state index is 9.68. The van der Waals surface area contributed by atoms with Gasteiger partial charge in [-0.15, -0.1) is 10.2 Å². The van der Waals surface area contributed by atoms with E-state index in [4.69, 9.17) is 0 Å². The average molecular weight is 371 g/mol. The van der Waals surface area contributed by atoms with Gasteiger partial charge in [0, 0.05) is 50.9 Å². The third-order valence-corrected chi connectivity index (χ3v) is 5.82. The Balaban J connectivity index is 1.44. The van der Waals surface area contributed by atoms with Crippen molar-refractivity contribution in [1.82, 2.24) is 29.6 Å². The van der Waals surface area contributed by atoms with Crippen LogP contribution in [0.5, 0.6) is 0 Å². The number of anilines is 1. The molecule has 1 atom stereocenters. The Hall–Kier alpha value is -2.06. The summed E-state index contributed by atoms with van der Waals surface area (Å²) in [5, 5.41) is 18.7. The lowest BCUT2D eigenvalue weighted by molar-refractivity contribution is 0.0775. The summed E-state index contributed by atoms with van der Waals surface area (Å²) in [6.07, 6.45) is 5.45. The lowest BCUT2D eigenvalue weighted by Crippen LogP contribution is -2.36. The second kappa shape index (κ2) is 7.90. The van der Waals surface area contributed by atoms with Gasteiger partial charge >= 0.3 is 0 Å². The van der Waals surface area contributed by atoms with E-state index in [0.717, 1.165) is 81.6 Å². The van der Waals surface area contributed by atoms with E-state index in [-0.39, 0.29) is 6.10 Å². The minimum atomic E-state index is -0.144. The molecule has 2 aromatic rings. The molecule has 8 heteroatoms. The molecule has 27 heavy (non-hydrogen) atoms. The summed E-state index contributed by atoms with van der Waals surface area (Å²) in [5.41, 5.74) is 0.995. The molecular formula is C19H29N7O. The van der Waals surface area contributed by atoms with E-state index < -0.39 is 0 Å². The van der Waals surface area contributed by atoms with Crippen molar-refractivity contribution >= 4 is 5.82 Å². The summed E-state index contributed by atoms with van der Waals surface area (Å²) in [4.78, 5) is 13.3. The number of aliphatic hydroxyl groups excluding tert-OH is 1. The second-order valence-electron chi connectivity index (χ2n) is 7.84.